The Hall–Kier alpha value is -2.09. The first-order chi connectivity index (χ1) is 29.0. The maximum absolute atomic E-state index is 12.3. The second-order valence-corrected chi connectivity index (χ2v) is 17.2. The van der Waals surface area contributed by atoms with Crippen LogP contribution in [0, 0.1) is 0 Å². The Balaban J connectivity index is 2.10. The first kappa shape index (κ1) is 55.2. The molecule has 0 bridgehead atoms. The molecule has 32 nitrogen and oxygen atoms in total. The molecule has 0 aromatic rings. The predicted octanol–water partition coefficient (Wildman–Crippen LogP) is -10.3. The topological polar surface area (TPSA) is 507 Å². The number of hydrogen-bond acceptors (Lipinski definition) is 27. The van der Waals surface area contributed by atoms with Gasteiger partial charge in [0.2, 0.25) is 11.8 Å². The van der Waals surface area contributed by atoms with E-state index in [0.29, 0.717) is 0 Å². The summed E-state index contributed by atoms with van der Waals surface area (Å²) in [5.74, 6) is -1.92. The molecule has 0 aromatic heterocycles. The minimum absolute atomic E-state index is 0.881. The van der Waals surface area contributed by atoms with E-state index in [0.717, 1.165) is 13.8 Å². The third kappa shape index (κ3) is 16.0. The van der Waals surface area contributed by atoms with E-state index in [-0.39, 0.29) is 0 Å². The maximum atomic E-state index is 12.3. The molecular formula is C28H50N2O30S3. The summed E-state index contributed by atoms with van der Waals surface area (Å²) in [6.45, 7) is -4.52. The zero-order chi connectivity index (χ0) is 47.9. The molecule has 35 heteroatoms. The molecule has 0 radical (unpaired) electrons. The third-order valence-electron chi connectivity index (χ3n) is 9.26. The smallest absolute Gasteiger partial charge is 0.394 e. The fourth-order valence-corrected chi connectivity index (χ4v) is 7.29. The van der Waals surface area contributed by atoms with E-state index < -0.39 is 192 Å². The predicted molar refractivity (Wildman–Crippen MR) is 191 cm³/mol. The largest absolute Gasteiger partial charge is 0.397 e. The molecule has 3 heterocycles. The number of carbonyl (C=O) groups excluding carboxylic acids is 2. The first-order valence-electron chi connectivity index (χ1n) is 18.0. The molecule has 2 amide bonds. The highest BCUT2D eigenvalue weighted by Crippen LogP contribution is 2.34. The van der Waals surface area contributed by atoms with Gasteiger partial charge in [-0.3, -0.25) is 23.2 Å². The Labute approximate surface area is 356 Å². The summed E-state index contributed by atoms with van der Waals surface area (Å²) in [4.78, 5) is 24.4. The Morgan fingerprint density at radius 1 is 0.556 bits per heavy atom. The van der Waals surface area contributed by atoms with Gasteiger partial charge in [-0.1, -0.05) is 0 Å². The lowest BCUT2D eigenvalue weighted by Crippen LogP contribution is -2.70. The molecule has 0 aromatic carbocycles. The molecule has 0 saturated carbocycles. The summed E-state index contributed by atoms with van der Waals surface area (Å²) >= 11 is 0. The molecule has 3 rings (SSSR count). The standard InChI is InChI=1S/C28H50N2O30S3/c1-8(33)29-15-20(40)18(38)12(5-52-61(43,44)45)55-26(15)60-25-19(39)13(6-53-62(46,47)48)56-28(22(25)42)59-24-14(7-54-63(49,50)51)57-27(16(21(24)41)30-9(2)34)58-23(11(36)4-32)17(37)10(35)3-31/h10-28,31-32,35-42H,3-7H2,1-2H3,(H,29,33)(H,30,34)(H,43,44,45)(H,46,47,48)(H,49,50,51)/t10-,11+,12-,13-,14-,15-,16-,17+,18-,19+,20-,21-,22-,23-,24-,25+,26+,27+,28+/m1/s1. The van der Waals surface area contributed by atoms with Crippen molar-refractivity contribution >= 4 is 43.0 Å². The number of aliphatic hydroxyl groups is 10. The van der Waals surface area contributed by atoms with Crippen molar-refractivity contribution in [2.24, 2.45) is 0 Å². The molecular weight excluding hydrogens is 940 g/mol. The fraction of sp³-hybridized carbons (Fsp3) is 0.929. The van der Waals surface area contributed by atoms with Crippen LogP contribution in [0.1, 0.15) is 13.8 Å². The van der Waals surface area contributed by atoms with Gasteiger partial charge in [0.15, 0.2) is 18.9 Å². The summed E-state index contributed by atoms with van der Waals surface area (Å²) in [7, 11) is -16.0. The normalized spacial score (nSPS) is 36.5. The van der Waals surface area contributed by atoms with Crippen LogP contribution in [-0.2, 0) is 81.8 Å². The first-order valence-corrected chi connectivity index (χ1v) is 22.1. The van der Waals surface area contributed by atoms with Gasteiger partial charge in [0.1, 0.15) is 97.5 Å². The average molecular weight is 991 g/mol. The van der Waals surface area contributed by atoms with Gasteiger partial charge in [-0.05, 0) is 0 Å². The van der Waals surface area contributed by atoms with Crippen molar-refractivity contribution in [3.05, 3.63) is 0 Å². The van der Waals surface area contributed by atoms with Crippen molar-refractivity contribution in [2.45, 2.75) is 130 Å². The van der Waals surface area contributed by atoms with Crippen LogP contribution < -0.4 is 10.6 Å². The molecule has 0 aliphatic carbocycles. The van der Waals surface area contributed by atoms with Gasteiger partial charge in [0, 0.05) is 13.8 Å². The van der Waals surface area contributed by atoms with Crippen molar-refractivity contribution in [1.29, 1.82) is 0 Å². The van der Waals surface area contributed by atoms with E-state index in [2.05, 4.69) is 23.2 Å². The van der Waals surface area contributed by atoms with Crippen LogP contribution in [0.4, 0.5) is 0 Å². The molecule has 3 aliphatic rings. The number of amides is 2. The van der Waals surface area contributed by atoms with Crippen molar-refractivity contribution < 1.29 is 141 Å². The lowest BCUT2D eigenvalue weighted by molar-refractivity contribution is -0.371. The Morgan fingerprint density at radius 2 is 0.968 bits per heavy atom. The van der Waals surface area contributed by atoms with Crippen LogP contribution in [0.2, 0.25) is 0 Å². The molecule has 0 spiro atoms. The summed E-state index contributed by atoms with van der Waals surface area (Å²) in [6, 6.07) is -3.85. The number of nitrogens with one attached hydrogen (secondary N) is 2. The van der Waals surface area contributed by atoms with Crippen molar-refractivity contribution in [1.82, 2.24) is 10.6 Å². The zero-order valence-electron chi connectivity index (χ0n) is 32.5. The molecule has 370 valence electrons. The Bertz CT molecular complexity index is 1830. The van der Waals surface area contributed by atoms with E-state index in [1.54, 1.807) is 0 Å². The summed E-state index contributed by atoms with van der Waals surface area (Å²) in [5, 5.41) is 110. The lowest BCUT2D eigenvalue weighted by atomic mass is 9.94. The second-order valence-electron chi connectivity index (χ2n) is 14.0. The van der Waals surface area contributed by atoms with Crippen molar-refractivity contribution in [3.63, 3.8) is 0 Å². The van der Waals surface area contributed by atoms with Gasteiger partial charge in [0.25, 0.3) is 0 Å². The third-order valence-corrected chi connectivity index (χ3v) is 10.6. The number of rotatable bonds is 22. The Morgan fingerprint density at radius 3 is 1.43 bits per heavy atom. The van der Waals surface area contributed by atoms with Crippen LogP contribution in [0.15, 0.2) is 0 Å². The molecule has 0 unspecified atom stereocenters. The van der Waals surface area contributed by atoms with E-state index in [4.69, 9.17) is 33.0 Å². The number of aliphatic hydroxyl groups excluding tert-OH is 10. The molecule has 3 fully saturated rings. The number of carbonyl (C=O) groups is 2. The van der Waals surface area contributed by atoms with Crippen molar-refractivity contribution in [3.8, 4) is 0 Å². The van der Waals surface area contributed by atoms with Crippen LogP contribution >= 0.6 is 0 Å². The van der Waals surface area contributed by atoms with Gasteiger partial charge >= 0.3 is 31.2 Å². The monoisotopic (exact) mass is 990 g/mol. The highest BCUT2D eigenvalue weighted by molar-refractivity contribution is 7.81. The minimum atomic E-state index is -5.40. The van der Waals surface area contributed by atoms with Gasteiger partial charge in [-0.15, -0.1) is 0 Å². The van der Waals surface area contributed by atoms with Gasteiger partial charge in [-0.25, -0.2) is 12.5 Å². The zero-order valence-corrected chi connectivity index (χ0v) is 34.9. The molecule has 15 N–H and O–H groups in total. The summed E-state index contributed by atoms with van der Waals surface area (Å²) < 4.78 is 143. The molecule has 63 heavy (non-hydrogen) atoms. The average Bonchev–Trinajstić information content (AvgIpc) is 3.17. The maximum Gasteiger partial charge on any atom is 0.397 e. The van der Waals surface area contributed by atoms with Crippen LogP contribution in [0.5, 0.6) is 0 Å². The van der Waals surface area contributed by atoms with E-state index in [1.807, 2.05) is 0 Å². The number of ether oxygens (including phenoxy) is 6. The highest BCUT2D eigenvalue weighted by atomic mass is 32.3. The van der Waals surface area contributed by atoms with Gasteiger partial charge in [0.05, 0.1) is 33.0 Å². The van der Waals surface area contributed by atoms with E-state index >= 15 is 0 Å². The Kier molecular flexibility index (Phi) is 20.2. The molecule has 3 aliphatic heterocycles. The second kappa shape index (κ2) is 23.1. The molecule has 3 saturated heterocycles. The summed E-state index contributed by atoms with van der Waals surface area (Å²) in [5.41, 5.74) is 0. The van der Waals surface area contributed by atoms with E-state index in [1.165, 1.54) is 0 Å². The number of hydrogen-bond donors (Lipinski definition) is 15. The van der Waals surface area contributed by atoms with Crippen LogP contribution in [0.25, 0.3) is 0 Å². The molecule has 19 atom stereocenters. The van der Waals surface area contributed by atoms with Crippen LogP contribution in [-0.4, -0.2) is 251 Å². The SMILES string of the molecule is CC(=O)N[C@H]1[C@H](O[C@@H]([C@@H](O)[C@H](O)CO)[C@@H](O)CO)O[C@H](COS(=O)(=O)O)[C@@H](O[C@@H]2O[C@H](COS(=O)(=O)O)[C@H](O)[C@H](O[C@@H]3O[C@H](COS(=O)(=O)O)[C@@H](O)[C@H](O)[C@H]3NC(C)=O)[C@H]2O)[C@@H]1O. The lowest BCUT2D eigenvalue weighted by Gasteiger charge is -2.49. The van der Waals surface area contributed by atoms with E-state index in [9.17, 15) is 95.0 Å². The quantitative estimate of drug-likeness (QED) is 0.0448. The minimum Gasteiger partial charge on any atom is -0.394 e. The fourth-order valence-electron chi connectivity index (χ4n) is 6.37. The van der Waals surface area contributed by atoms with Gasteiger partial charge < -0.3 is 90.1 Å². The van der Waals surface area contributed by atoms with Crippen LogP contribution in [0.3, 0.4) is 0 Å². The highest BCUT2D eigenvalue weighted by Gasteiger charge is 2.55. The summed E-state index contributed by atoms with van der Waals surface area (Å²) in [6.07, 6.45) is -37.5. The van der Waals surface area contributed by atoms with Gasteiger partial charge in [-0.2, -0.15) is 25.3 Å². The van der Waals surface area contributed by atoms with Crippen molar-refractivity contribution in [2.75, 3.05) is 33.0 Å².